The Kier molecular flexibility index (Phi) is 6.23. The quantitative estimate of drug-likeness (QED) is 0.581. The minimum absolute atomic E-state index is 0.237. The number of anilines is 1. The van der Waals surface area contributed by atoms with Crippen molar-refractivity contribution in [2.24, 2.45) is 0 Å². The number of carbonyl (C=O) groups excluding carboxylic acids is 2. The number of benzene rings is 3. The van der Waals surface area contributed by atoms with Gasteiger partial charge in [-0.3, -0.25) is 4.79 Å². The van der Waals surface area contributed by atoms with Crippen LogP contribution in [-0.4, -0.2) is 18.5 Å². The molecule has 0 atom stereocenters. The molecule has 3 aromatic rings. The molecule has 0 heterocycles. The number of carbonyl (C=O) groups is 2. The topological polar surface area (TPSA) is 46.6 Å². The summed E-state index contributed by atoms with van der Waals surface area (Å²) >= 11 is 6.00. The highest BCUT2D eigenvalue weighted by Gasteiger charge is 2.19. The van der Waals surface area contributed by atoms with Crippen molar-refractivity contribution in [3.63, 3.8) is 0 Å². The molecule has 0 bridgehead atoms. The minimum atomic E-state index is -0.623. The van der Waals surface area contributed by atoms with Crippen LogP contribution < -0.4 is 4.90 Å². The average Bonchev–Trinajstić information content (AvgIpc) is 2.72. The van der Waals surface area contributed by atoms with E-state index in [0.29, 0.717) is 11.6 Å². The van der Waals surface area contributed by atoms with Crippen LogP contribution in [0.25, 0.3) is 0 Å². The lowest BCUT2D eigenvalue weighted by Gasteiger charge is -2.23. The number of para-hydroxylation sites is 1. The summed E-state index contributed by atoms with van der Waals surface area (Å²) in [4.78, 5) is 26.6. The van der Waals surface area contributed by atoms with Crippen molar-refractivity contribution in [2.75, 3.05) is 11.5 Å². The third-order valence-electron chi connectivity index (χ3n) is 3.97. The minimum Gasteiger partial charge on any atom is -0.452 e. The van der Waals surface area contributed by atoms with Crippen LogP contribution in [0.15, 0.2) is 84.9 Å². The van der Waals surface area contributed by atoms with Gasteiger partial charge in [-0.25, -0.2) is 4.79 Å². The van der Waals surface area contributed by atoms with Crippen molar-refractivity contribution in [3.8, 4) is 0 Å². The second kappa shape index (κ2) is 9.01. The number of ether oxygens (including phenoxy) is 1. The van der Waals surface area contributed by atoms with Crippen LogP contribution in [0.3, 0.4) is 0 Å². The Morgan fingerprint density at radius 1 is 0.815 bits per heavy atom. The molecule has 1 amide bonds. The van der Waals surface area contributed by atoms with Crippen molar-refractivity contribution in [1.82, 2.24) is 0 Å². The molecule has 0 aromatic heterocycles. The molecule has 0 saturated carbocycles. The van der Waals surface area contributed by atoms with Gasteiger partial charge in [0, 0.05) is 5.69 Å². The van der Waals surface area contributed by atoms with Crippen molar-refractivity contribution in [2.45, 2.75) is 6.54 Å². The number of esters is 1. The van der Waals surface area contributed by atoms with Gasteiger partial charge in [-0.05, 0) is 29.8 Å². The number of hydrogen-bond donors (Lipinski definition) is 0. The van der Waals surface area contributed by atoms with Crippen LogP contribution in [0.5, 0.6) is 0 Å². The molecule has 0 aliphatic carbocycles. The van der Waals surface area contributed by atoms with E-state index in [-0.39, 0.29) is 18.1 Å². The number of hydrogen-bond acceptors (Lipinski definition) is 3. The molecule has 3 rings (SSSR count). The fourth-order valence-corrected chi connectivity index (χ4v) is 2.82. The van der Waals surface area contributed by atoms with E-state index >= 15 is 0 Å². The lowest BCUT2D eigenvalue weighted by Crippen LogP contribution is -2.34. The summed E-state index contributed by atoms with van der Waals surface area (Å²) in [6.45, 7) is 0.0130. The summed E-state index contributed by atoms with van der Waals surface area (Å²) in [7, 11) is 0. The van der Waals surface area contributed by atoms with Crippen LogP contribution in [0, 0.1) is 0 Å². The van der Waals surface area contributed by atoms with Gasteiger partial charge >= 0.3 is 5.97 Å². The predicted octanol–water partition coefficient (Wildman–Crippen LogP) is 4.73. The van der Waals surface area contributed by atoms with Gasteiger partial charge in [0.2, 0.25) is 0 Å². The summed E-state index contributed by atoms with van der Waals surface area (Å²) in [5.74, 6) is -0.938. The van der Waals surface area contributed by atoms with Gasteiger partial charge in [-0.2, -0.15) is 0 Å². The molecule has 4 nitrogen and oxygen atoms in total. The number of rotatable bonds is 6. The lowest BCUT2D eigenvalue weighted by atomic mass is 10.2. The maximum Gasteiger partial charge on any atom is 0.340 e. The van der Waals surface area contributed by atoms with Crippen LogP contribution in [0.2, 0.25) is 5.02 Å². The lowest BCUT2D eigenvalue weighted by molar-refractivity contribution is -0.121. The van der Waals surface area contributed by atoms with Crippen molar-refractivity contribution < 1.29 is 14.3 Å². The summed E-state index contributed by atoms with van der Waals surface area (Å²) in [5, 5.41) is 0.291. The van der Waals surface area contributed by atoms with E-state index in [9.17, 15) is 9.59 Å². The predicted molar refractivity (Wildman–Crippen MR) is 106 cm³/mol. The van der Waals surface area contributed by atoms with E-state index in [2.05, 4.69) is 0 Å². The van der Waals surface area contributed by atoms with E-state index < -0.39 is 5.97 Å². The zero-order valence-corrected chi connectivity index (χ0v) is 15.3. The molecule has 0 radical (unpaired) electrons. The Balaban J connectivity index is 1.73. The van der Waals surface area contributed by atoms with Gasteiger partial charge in [0.1, 0.15) is 0 Å². The molecule has 0 fully saturated rings. The molecule has 5 heteroatoms. The molecule has 0 aliphatic rings. The molecule has 136 valence electrons. The van der Waals surface area contributed by atoms with E-state index in [4.69, 9.17) is 16.3 Å². The maximum atomic E-state index is 12.8. The fraction of sp³-hybridized carbons (Fsp3) is 0.0909. The summed E-state index contributed by atoms with van der Waals surface area (Å²) in [6.07, 6.45) is 0. The SMILES string of the molecule is O=C(OCC(=O)N(Cc1ccccc1)c1ccccc1)c1ccccc1Cl. The molecule has 0 spiro atoms. The molecule has 27 heavy (non-hydrogen) atoms. The van der Waals surface area contributed by atoms with Crippen molar-refractivity contribution in [3.05, 3.63) is 101 Å². The average molecular weight is 380 g/mol. The van der Waals surface area contributed by atoms with Gasteiger partial charge < -0.3 is 9.64 Å². The molecular formula is C22H18ClNO3. The zero-order valence-electron chi connectivity index (χ0n) is 14.5. The Morgan fingerprint density at radius 3 is 2.07 bits per heavy atom. The van der Waals surface area contributed by atoms with Crippen LogP contribution in [0.4, 0.5) is 5.69 Å². The standard InChI is InChI=1S/C22H18ClNO3/c23-20-14-8-7-13-19(20)22(26)27-16-21(25)24(18-11-5-2-6-12-18)15-17-9-3-1-4-10-17/h1-14H,15-16H2. The monoisotopic (exact) mass is 379 g/mol. The van der Waals surface area contributed by atoms with E-state index in [0.717, 1.165) is 11.3 Å². The maximum absolute atomic E-state index is 12.8. The smallest absolute Gasteiger partial charge is 0.340 e. The number of nitrogens with zero attached hydrogens (tertiary/aromatic N) is 1. The summed E-state index contributed by atoms with van der Waals surface area (Å²) in [5.41, 5.74) is 1.95. The molecule has 0 aliphatic heterocycles. The van der Waals surface area contributed by atoms with E-state index in [1.165, 1.54) is 0 Å². The first-order valence-electron chi connectivity index (χ1n) is 8.46. The molecule has 0 N–H and O–H groups in total. The largest absolute Gasteiger partial charge is 0.452 e. The molecule has 3 aromatic carbocycles. The first-order valence-corrected chi connectivity index (χ1v) is 8.84. The van der Waals surface area contributed by atoms with Crippen LogP contribution in [0.1, 0.15) is 15.9 Å². The van der Waals surface area contributed by atoms with E-state index in [1.807, 2.05) is 60.7 Å². The first kappa shape index (κ1) is 18.7. The zero-order chi connectivity index (χ0) is 19.1. The molecule has 0 unspecified atom stereocenters. The van der Waals surface area contributed by atoms with Crippen LogP contribution >= 0.6 is 11.6 Å². The highest BCUT2D eigenvalue weighted by molar-refractivity contribution is 6.33. The third-order valence-corrected chi connectivity index (χ3v) is 4.30. The Labute approximate surface area is 163 Å². The highest BCUT2D eigenvalue weighted by atomic mass is 35.5. The summed E-state index contributed by atoms with van der Waals surface area (Å²) < 4.78 is 5.20. The highest BCUT2D eigenvalue weighted by Crippen LogP contribution is 2.19. The van der Waals surface area contributed by atoms with Crippen molar-refractivity contribution in [1.29, 1.82) is 0 Å². The second-order valence-electron chi connectivity index (χ2n) is 5.86. The van der Waals surface area contributed by atoms with Crippen molar-refractivity contribution >= 4 is 29.2 Å². The molecule has 0 saturated heterocycles. The Hall–Kier alpha value is -3.11. The van der Waals surface area contributed by atoms with E-state index in [1.54, 1.807) is 29.2 Å². The number of halogens is 1. The Morgan fingerprint density at radius 2 is 1.41 bits per heavy atom. The van der Waals surface area contributed by atoms with Crippen LogP contribution in [-0.2, 0) is 16.1 Å². The summed E-state index contributed by atoms with van der Waals surface area (Å²) in [6, 6.07) is 25.5. The normalized spacial score (nSPS) is 10.3. The van der Waals surface area contributed by atoms with Gasteiger partial charge in [0.15, 0.2) is 6.61 Å². The molecular weight excluding hydrogens is 362 g/mol. The first-order chi connectivity index (χ1) is 13.1. The number of amides is 1. The Bertz CT molecular complexity index is 913. The van der Waals surface area contributed by atoms with Gasteiger partial charge in [-0.15, -0.1) is 0 Å². The van der Waals surface area contributed by atoms with Gasteiger partial charge in [0.25, 0.3) is 5.91 Å². The van der Waals surface area contributed by atoms with Gasteiger partial charge in [-0.1, -0.05) is 72.3 Å². The van der Waals surface area contributed by atoms with Gasteiger partial charge in [0.05, 0.1) is 17.1 Å². The fourth-order valence-electron chi connectivity index (χ4n) is 2.61. The third kappa shape index (κ3) is 4.96. The second-order valence-corrected chi connectivity index (χ2v) is 6.26.